The highest BCUT2D eigenvalue weighted by atomic mass is 35.5. The van der Waals surface area contributed by atoms with E-state index in [4.69, 9.17) is 34.8 Å². The summed E-state index contributed by atoms with van der Waals surface area (Å²) in [4.78, 5) is 29.0. The van der Waals surface area contributed by atoms with Crippen LogP contribution in [0, 0.1) is 5.92 Å². The summed E-state index contributed by atoms with van der Waals surface area (Å²) in [5.41, 5.74) is 1.72. The number of nitrogens with zero attached hydrogens (tertiary/aromatic N) is 2. The predicted octanol–water partition coefficient (Wildman–Crippen LogP) is 5.83. The zero-order valence-corrected chi connectivity index (χ0v) is 25.6. The van der Waals surface area contributed by atoms with Gasteiger partial charge >= 0.3 is 0 Å². The van der Waals surface area contributed by atoms with Gasteiger partial charge < -0.3 is 10.2 Å². The van der Waals surface area contributed by atoms with Crippen molar-refractivity contribution in [3.63, 3.8) is 0 Å². The normalized spacial score (nSPS) is 12.2. The van der Waals surface area contributed by atoms with Crippen molar-refractivity contribution in [2.45, 2.75) is 32.9 Å². The molecule has 0 saturated carbocycles. The van der Waals surface area contributed by atoms with E-state index in [0.717, 1.165) is 21.7 Å². The van der Waals surface area contributed by atoms with Crippen LogP contribution in [0.5, 0.6) is 0 Å². The van der Waals surface area contributed by atoms with E-state index in [1.54, 1.807) is 24.3 Å². The lowest BCUT2D eigenvalue weighted by atomic mass is 10.0. The van der Waals surface area contributed by atoms with E-state index in [2.05, 4.69) is 5.32 Å². The minimum atomic E-state index is -3.93. The summed E-state index contributed by atoms with van der Waals surface area (Å²) in [7, 11) is -3.93. The van der Waals surface area contributed by atoms with E-state index < -0.39 is 28.5 Å². The Morgan fingerprint density at radius 1 is 0.850 bits per heavy atom. The first-order chi connectivity index (χ1) is 18.8. The first-order valence-electron chi connectivity index (χ1n) is 12.6. The van der Waals surface area contributed by atoms with Gasteiger partial charge in [0.1, 0.15) is 12.6 Å². The molecule has 40 heavy (non-hydrogen) atoms. The minimum absolute atomic E-state index is 0.0521. The average Bonchev–Trinajstić information content (AvgIpc) is 2.88. The van der Waals surface area contributed by atoms with Crippen LogP contribution in [-0.4, -0.2) is 50.5 Å². The van der Waals surface area contributed by atoms with Crippen molar-refractivity contribution in [1.29, 1.82) is 0 Å². The number of hydrogen-bond acceptors (Lipinski definition) is 4. The smallest absolute Gasteiger partial charge is 0.244 e. The van der Waals surface area contributed by atoms with Crippen molar-refractivity contribution in [1.82, 2.24) is 10.2 Å². The number of nitrogens with one attached hydrogen (secondary N) is 1. The lowest BCUT2D eigenvalue weighted by Crippen LogP contribution is -2.53. The second-order valence-electron chi connectivity index (χ2n) is 9.89. The molecule has 3 aromatic rings. The number of amides is 2. The van der Waals surface area contributed by atoms with E-state index in [-0.39, 0.29) is 40.5 Å². The fraction of sp³-hybridized carbons (Fsp3) is 0.310. The van der Waals surface area contributed by atoms with Crippen LogP contribution in [0.1, 0.15) is 25.0 Å². The maximum atomic E-state index is 14.0. The van der Waals surface area contributed by atoms with Crippen LogP contribution in [0.3, 0.4) is 0 Å². The Hall–Kier alpha value is -2.78. The molecule has 0 aliphatic heterocycles. The Morgan fingerprint density at radius 3 is 2.00 bits per heavy atom. The van der Waals surface area contributed by atoms with E-state index in [9.17, 15) is 18.0 Å². The topological polar surface area (TPSA) is 86.8 Å². The van der Waals surface area contributed by atoms with Crippen molar-refractivity contribution in [3.8, 4) is 0 Å². The third-order valence-electron chi connectivity index (χ3n) is 6.04. The maximum Gasteiger partial charge on any atom is 0.244 e. The number of hydrogen-bond donors (Lipinski definition) is 1. The van der Waals surface area contributed by atoms with Crippen LogP contribution >= 0.6 is 34.8 Å². The molecule has 214 valence electrons. The molecule has 0 aliphatic rings. The van der Waals surface area contributed by atoms with Gasteiger partial charge in [0.15, 0.2) is 0 Å². The quantitative estimate of drug-likeness (QED) is 0.275. The molecule has 3 aromatic carbocycles. The Balaban J connectivity index is 2.06. The monoisotopic (exact) mass is 623 g/mol. The van der Waals surface area contributed by atoms with Gasteiger partial charge in [-0.05, 0) is 47.4 Å². The molecule has 2 amide bonds. The summed E-state index contributed by atoms with van der Waals surface area (Å²) in [5.74, 6) is -0.719. The number of sulfonamides is 1. The molecule has 1 N–H and O–H groups in total. The van der Waals surface area contributed by atoms with Crippen LogP contribution in [0.15, 0.2) is 72.8 Å². The van der Waals surface area contributed by atoms with Gasteiger partial charge in [0.25, 0.3) is 0 Å². The molecule has 1 atom stereocenters. The van der Waals surface area contributed by atoms with Crippen LogP contribution in [0.2, 0.25) is 15.1 Å². The molecule has 7 nitrogen and oxygen atoms in total. The molecule has 3 rings (SSSR count). The fourth-order valence-corrected chi connectivity index (χ4v) is 5.53. The Kier molecular flexibility index (Phi) is 11.3. The number of halogens is 3. The highest BCUT2D eigenvalue weighted by molar-refractivity contribution is 7.92. The fourth-order valence-electron chi connectivity index (χ4n) is 4.06. The summed E-state index contributed by atoms with van der Waals surface area (Å²) < 4.78 is 26.6. The van der Waals surface area contributed by atoms with Crippen molar-refractivity contribution in [2.24, 2.45) is 5.92 Å². The second-order valence-corrected chi connectivity index (χ2v) is 13.1. The highest BCUT2D eigenvalue weighted by Crippen LogP contribution is 2.27. The molecule has 0 spiro atoms. The van der Waals surface area contributed by atoms with Crippen LogP contribution in [-0.2, 0) is 32.6 Å². The van der Waals surface area contributed by atoms with Gasteiger partial charge in [0, 0.05) is 34.6 Å². The number of anilines is 1. The van der Waals surface area contributed by atoms with Crippen molar-refractivity contribution < 1.29 is 18.0 Å². The van der Waals surface area contributed by atoms with Crippen molar-refractivity contribution in [3.05, 3.63) is 99.0 Å². The molecule has 0 aliphatic carbocycles. The Morgan fingerprint density at radius 2 is 1.45 bits per heavy atom. The van der Waals surface area contributed by atoms with Crippen LogP contribution < -0.4 is 9.62 Å². The molecule has 0 aromatic heterocycles. The summed E-state index contributed by atoms with van der Waals surface area (Å²) in [6, 6.07) is 19.6. The zero-order valence-electron chi connectivity index (χ0n) is 22.5. The molecule has 11 heteroatoms. The molecule has 0 unspecified atom stereocenters. The number of benzene rings is 3. The Bertz CT molecular complexity index is 1400. The summed E-state index contributed by atoms with van der Waals surface area (Å²) in [5, 5.41) is 3.91. The van der Waals surface area contributed by atoms with Crippen LogP contribution in [0.4, 0.5) is 5.69 Å². The SMILES string of the molecule is CC(C)CNC(=O)[C@H](Cc1ccccc1)N(Cc1ccc(Cl)cc1)C(=O)CN(c1cc(Cl)cc(Cl)c1)S(C)(=O)=O. The number of carbonyl (C=O) groups excluding carboxylic acids is 2. The lowest BCUT2D eigenvalue weighted by Gasteiger charge is -2.33. The number of rotatable bonds is 12. The predicted molar refractivity (Wildman–Crippen MR) is 162 cm³/mol. The minimum Gasteiger partial charge on any atom is -0.354 e. The molecule has 0 fully saturated rings. The first kappa shape index (κ1) is 31.7. The maximum absolute atomic E-state index is 14.0. The zero-order chi connectivity index (χ0) is 29.4. The van der Waals surface area contributed by atoms with E-state index in [1.165, 1.54) is 23.1 Å². The van der Waals surface area contributed by atoms with Gasteiger partial charge in [-0.3, -0.25) is 13.9 Å². The van der Waals surface area contributed by atoms with Crippen LogP contribution in [0.25, 0.3) is 0 Å². The van der Waals surface area contributed by atoms with E-state index in [0.29, 0.717) is 11.6 Å². The third-order valence-corrected chi connectivity index (χ3v) is 7.87. The first-order valence-corrected chi connectivity index (χ1v) is 15.6. The second kappa shape index (κ2) is 14.2. The third kappa shape index (κ3) is 9.41. The van der Waals surface area contributed by atoms with Gasteiger partial charge in [-0.15, -0.1) is 0 Å². The van der Waals surface area contributed by atoms with Gasteiger partial charge in [0.05, 0.1) is 11.9 Å². The standard InChI is InChI=1S/C29H32Cl3N3O4S/c1-20(2)17-33-29(37)27(13-21-7-5-4-6-8-21)34(18-22-9-11-23(30)12-10-22)28(36)19-35(40(3,38)39)26-15-24(31)14-25(32)16-26/h4-12,14-16,20,27H,13,17-19H2,1-3H3,(H,33,37)/t27-/m0/s1. The molecular weight excluding hydrogens is 593 g/mol. The summed E-state index contributed by atoms with van der Waals surface area (Å²) in [6.45, 7) is 3.86. The molecular formula is C29H32Cl3N3O4S. The van der Waals surface area contributed by atoms with E-state index >= 15 is 0 Å². The molecule has 0 heterocycles. The molecule has 0 saturated heterocycles. The molecule has 0 radical (unpaired) electrons. The Labute approximate surface area is 251 Å². The summed E-state index contributed by atoms with van der Waals surface area (Å²) in [6.07, 6.45) is 1.22. The van der Waals surface area contributed by atoms with Gasteiger partial charge in [-0.1, -0.05) is 91.1 Å². The van der Waals surface area contributed by atoms with E-state index in [1.807, 2.05) is 44.2 Å². The molecule has 0 bridgehead atoms. The lowest BCUT2D eigenvalue weighted by molar-refractivity contribution is -0.140. The summed E-state index contributed by atoms with van der Waals surface area (Å²) >= 11 is 18.4. The van der Waals surface area contributed by atoms with Gasteiger partial charge in [-0.25, -0.2) is 8.42 Å². The van der Waals surface area contributed by atoms with Gasteiger partial charge in [0.2, 0.25) is 21.8 Å². The van der Waals surface area contributed by atoms with Crippen molar-refractivity contribution in [2.75, 3.05) is 23.7 Å². The number of carbonyl (C=O) groups is 2. The highest BCUT2D eigenvalue weighted by Gasteiger charge is 2.33. The van der Waals surface area contributed by atoms with Gasteiger partial charge in [-0.2, -0.15) is 0 Å². The average molecular weight is 625 g/mol. The largest absolute Gasteiger partial charge is 0.354 e. The van der Waals surface area contributed by atoms with Crippen molar-refractivity contribution >= 4 is 62.3 Å².